The summed E-state index contributed by atoms with van der Waals surface area (Å²) in [6.45, 7) is 5.80. The number of methoxy groups -OCH3 is 1. The fraction of sp³-hybridized carbons (Fsp3) is 0.571. The molecule has 1 aromatic carbocycles. The number of halogens is 3. The fourth-order valence-electron chi connectivity index (χ4n) is 1.94. The molecule has 0 amide bonds. The molecule has 0 aliphatic rings. The minimum atomic E-state index is -4.31. The number of ether oxygens (including phenoxy) is 1. The fourth-order valence-corrected chi connectivity index (χ4v) is 1.94. The van der Waals surface area contributed by atoms with Crippen molar-refractivity contribution >= 4 is 5.69 Å². The number of hydrogen-bond donors (Lipinski definition) is 1. The third-order valence-electron chi connectivity index (χ3n) is 2.95. The van der Waals surface area contributed by atoms with Crippen LogP contribution in [0, 0.1) is 0 Å². The highest BCUT2D eigenvalue weighted by Gasteiger charge is 2.30. The Morgan fingerprint density at radius 1 is 1.26 bits per heavy atom. The number of anilines is 1. The first-order chi connectivity index (χ1) is 8.64. The van der Waals surface area contributed by atoms with E-state index < -0.39 is 11.7 Å². The van der Waals surface area contributed by atoms with E-state index in [4.69, 9.17) is 4.74 Å². The van der Waals surface area contributed by atoms with Gasteiger partial charge in [0.05, 0.1) is 11.2 Å². The van der Waals surface area contributed by atoms with Crippen LogP contribution in [-0.4, -0.2) is 18.8 Å². The summed E-state index contributed by atoms with van der Waals surface area (Å²) < 4.78 is 43.1. The third-order valence-corrected chi connectivity index (χ3v) is 2.95. The summed E-state index contributed by atoms with van der Waals surface area (Å²) in [6.07, 6.45) is -3.62. The Balaban J connectivity index is 2.72. The van der Waals surface area contributed by atoms with Gasteiger partial charge in [0.2, 0.25) is 0 Å². The number of hydrogen-bond acceptors (Lipinski definition) is 2. The molecule has 5 heteroatoms. The summed E-state index contributed by atoms with van der Waals surface area (Å²) in [7, 11) is 1.62. The van der Waals surface area contributed by atoms with Gasteiger partial charge in [0.15, 0.2) is 0 Å². The summed E-state index contributed by atoms with van der Waals surface area (Å²) in [5.74, 6) is 0. The van der Waals surface area contributed by atoms with Gasteiger partial charge in [0, 0.05) is 18.8 Å². The van der Waals surface area contributed by atoms with Gasteiger partial charge >= 0.3 is 6.18 Å². The van der Waals surface area contributed by atoms with Gasteiger partial charge in [-0.15, -0.1) is 0 Å². The number of rotatable bonds is 5. The molecule has 0 radical (unpaired) electrons. The van der Waals surface area contributed by atoms with E-state index in [1.165, 1.54) is 6.07 Å². The van der Waals surface area contributed by atoms with Crippen LogP contribution in [0.3, 0.4) is 0 Å². The number of benzene rings is 1. The molecule has 0 spiro atoms. The van der Waals surface area contributed by atoms with Crippen molar-refractivity contribution in [3.05, 3.63) is 29.8 Å². The Hall–Kier alpha value is -1.23. The van der Waals surface area contributed by atoms with Crippen molar-refractivity contribution in [1.29, 1.82) is 0 Å². The molecule has 1 rings (SSSR count). The van der Waals surface area contributed by atoms with Gasteiger partial charge in [-0.3, -0.25) is 0 Å². The van der Waals surface area contributed by atoms with Crippen molar-refractivity contribution in [2.75, 3.05) is 12.4 Å². The molecule has 0 fully saturated rings. The standard InChI is InChI=1S/C14H20F3NO/c1-10(9-13(2,3)19-4)18-12-7-5-6-11(8-12)14(15,16)17/h5-8,10,18H,9H2,1-4H3. The van der Waals surface area contributed by atoms with E-state index in [0.29, 0.717) is 12.1 Å². The van der Waals surface area contributed by atoms with E-state index in [1.807, 2.05) is 20.8 Å². The minimum Gasteiger partial charge on any atom is -0.382 e. The van der Waals surface area contributed by atoms with Gasteiger partial charge in [0.25, 0.3) is 0 Å². The van der Waals surface area contributed by atoms with E-state index in [0.717, 1.165) is 12.1 Å². The van der Waals surface area contributed by atoms with E-state index in [1.54, 1.807) is 13.2 Å². The Morgan fingerprint density at radius 2 is 1.89 bits per heavy atom. The van der Waals surface area contributed by atoms with Gasteiger partial charge in [-0.1, -0.05) is 6.07 Å². The van der Waals surface area contributed by atoms with Gasteiger partial charge in [-0.2, -0.15) is 13.2 Å². The van der Waals surface area contributed by atoms with Gasteiger partial charge in [-0.25, -0.2) is 0 Å². The SMILES string of the molecule is COC(C)(C)CC(C)Nc1cccc(C(F)(F)F)c1. The van der Waals surface area contributed by atoms with Crippen LogP contribution >= 0.6 is 0 Å². The Kier molecular flexibility index (Phi) is 4.85. The second-order valence-corrected chi connectivity index (χ2v) is 5.29. The smallest absolute Gasteiger partial charge is 0.382 e. The van der Waals surface area contributed by atoms with Crippen LogP contribution in [0.4, 0.5) is 18.9 Å². The van der Waals surface area contributed by atoms with E-state index in [2.05, 4.69) is 5.32 Å². The molecule has 0 heterocycles. The number of alkyl halides is 3. The summed E-state index contributed by atoms with van der Waals surface area (Å²) in [4.78, 5) is 0. The maximum atomic E-state index is 12.6. The van der Waals surface area contributed by atoms with Crippen LogP contribution in [0.1, 0.15) is 32.8 Å². The van der Waals surface area contributed by atoms with Crippen molar-refractivity contribution in [2.24, 2.45) is 0 Å². The average Bonchev–Trinajstić information content (AvgIpc) is 2.27. The van der Waals surface area contributed by atoms with Crippen molar-refractivity contribution in [1.82, 2.24) is 0 Å². The van der Waals surface area contributed by atoms with Crippen LogP contribution in [-0.2, 0) is 10.9 Å². The first-order valence-corrected chi connectivity index (χ1v) is 6.13. The lowest BCUT2D eigenvalue weighted by atomic mass is 9.99. The Labute approximate surface area is 112 Å². The molecule has 0 saturated carbocycles. The molecule has 1 aromatic rings. The molecular formula is C14H20F3NO. The topological polar surface area (TPSA) is 21.3 Å². The van der Waals surface area contributed by atoms with Crippen LogP contribution in [0.25, 0.3) is 0 Å². The second-order valence-electron chi connectivity index (χ2n) is 5.29. The Bertz CT molecular complexity index is 415. The van der Waals surface area contributed by atoms with E-state index in [-0.39, 0.29) is 11.6 Å². The molecule has 0 bridgehead atoms. The highest BCUT2D eigenvalue weighted by molar-refractivity contribution is 5.47. The largest absolute Gasteiger partial charge is 0.416 e. The summed E-state index contributed by atoms with van der Waals surface area (Å²) in [5, 5.41) is 3.06. The van der Waals surface area contributed by atoms with Gasteiger partial charge in [0.1, 0.15) is 0 Å². The first kappa shape index (κ1) is 15.8. The zero-order valence-corrected chi connectivity index (χ0v) is 11.6. The molecule has 0 aliphatic carbocycles. The molecule has 0 saturated heterocycles. The van der Waals surface area contributed by atoms with Crippen molar-refractivity contribution in [3.63, 3.8) is 0 Å². The molecule has 2 nitrogen and oxygen atoms in total. The predicted molar refractivity (Wildman–Crippen MR) is 70.2 cm³/mol. The van der Waals surface area contributed by atoms with Crippen molar-refractivity contribution < 1.29 is 17.9 Å². The normalized spacial score (nSPS) is 14.3. The van der Waals surface area contributed by atoms with Crippen LogP contribution in [0.2, 0.25) is 0 Å². The second kappa shape index (κ2) is 5.82. The van der Waals surface area contributed by atoms with E-state index in [9.17, 15) is 13.2 Å². The molecule has 1 unspecified atom stereocenters. The van der Waals surface area contributed by atoms with Crippen molar-refractivity contribution in [2.45, 2.75) is 45.0 Å². The lowest BCUT2D eigenvalue weighted by Gasteiger charge is -2.27. The monoisotopic (exact) mass is 275 g/mol. The summed E-state index contributed by atoms with van der Waals surface area (Å²) in [6, 6.07) is 5.23. The molecule has 108 valence electrons. The average molecular weight is 275 g/mol. The van der Waals surface area contributed by atoms with Gasteiger partial charge < -0.3 is 10.1 Å². The summed E-state index contributed by atoms with van der Waals surface area (Å²) >= 11 is 0. The zero-order chi connectivity index (χ0) is 14.7. The maximum absolute atomic E-state index is 12.6. The van der Waals surface area contributed by atoms with E-state index >= 15 is 0 Å². The molecule has 19 heavy (non-hydrogen) atoms. The first-order valence-electron chi connectivity index (χ1n) is 6.13. The molecule has 1 N–H and O–H groups in total. The van der Waals surface area contributed by atoms with Gasteiger partial charge in [-0.05, 0) is 45.4 Å². The van der Waals surface area contributed by atoms with Crippen LogP contribution < -0.4 is 5.32 Å². The lowest BCUT2D eigenvalue weighted by Crippen LogP contribution is -2.31. The minimum absolute atomic E-state index is 0.0124. The zero-order valence-electron chi connectivity index (χ0n) is 11.6. The molecule has 0 aromatic heterocycles. The highest BCUT2D eigenvalue weighted by atomic mass is 19.4. The third kappa shape index (κ3) is 5.11. The maximum Gasteiger partial charge on any atom is 0.416 e. The summed E-state index contributed by atoms with van der Waals surface area (Å²) in [5.41, 5.74) is -0.487. The molecule has 1 atom stereocenters. The predicted octanol–water partition coefficient (Wildman–Crippen LogP) is 4.32. The molecular weight excluding hydrogens is 255 g/mol. The Morgan fingerprint density at radius 3 is 2.42 bits per heavy atom. The quantitative estimate of drug-likeness (QED) is 0.864. The van der Waals surface area contributed by atoms with Crippen molar-refractivity contribution in [3.8, 4) is 0 Å². The number of nitrogens with one attached hydrogen (secondary N) is 1. The lowest BCUT2D eigenvalue weighted by molar-refractivity contribution is -0.137. The van der Waals surface area contributed by atoms with Crippen LogP contribution in [0.5, 0.6) is 0 Å². The molecule has 0 aliphatic heterocycles. The highest BCUT2D eigenvalue weighted by Crippen LogP contribution is 2.31. The van der Waals surface area contributed by atoms with Crippen LogP contribution in [0.15, 0.2) is 24.3 Å².